The highest BCUT2D eigenvalue weighted by atomic mass is 16.0. The molecule has 3 heteroatoms. The molecule has 0 saturated heterocycles. The lowest BCUT2D eigenvalue weighted by molar-refractivity contribution is 0.824. The van der Waals surface area contributed by atoms with Gasteiger partial charge in [-0.25, -0.2) is 4.68 Å². The minimum atomic E-state index is 0. The summed E-state index contributed by atoms with van der Waals surface area (Å²) in [6.45, 7) is 0. The van der Waals surface area contributed by atoms with Gasteiger partial charge in [-0.3, -0.25) is 0 Å². The molecule has 2 heterocycles. The molecule has 1 aromatic heterocycles. The number of allylic oxidation sites excluding steroid dienone is 1. The smallest absolute Gasteiger partial charge is 0.0496 e. The highest BCUT2D eigenvalue weighted by Gasteiger charge is 2.00. The summed E-state index contributed by atoms with van der Waals surface area (Å²) in [6, 6.07) is 2.03. The summed E-state index contributed by atoms with van der Waals surface area (Å²) < 4.78 is 1.89. The zero-order valence-corrected chi connectivity index (χ0v) is 4.91. The second kappa shape index (κ2) is 2.03. The molecule has 0 aromatic carbocycles. The third-order valence-corrected chi connectivity index (χ3v) is 1.33. The second-order valence-electron chi connectivity index (χ2n) is 1.86. The van der Waals surface area contributed by atoms with Crippen LogP contribution in [0.25, 0.3) is 6.20 Å². The predicted molar refractivity (Wildman–Crippen MR) is 34.9 cm³/mol. The quantitative estimate of drug-likeness (QED) is 0.483. The summed E-state index contributed by atoms with van der Waals surface area (Å²) in [6.07, 6.45) is 6.94. The summed E-state index contributed by atoms with van der Waals surface area (Å²) in [7, 11) is 0. The first-order chi connectivity index (χ1) is 3.97. The monoisotopic (exact) mass is 124 g/mol. The molecule has 0 unspecified atom stereocenters. The largest absolute Gasteiger partial charge is 0.412 e. The Kier molecular flexibility index (Phi) is 1.36. The molecule has 48 valence electrons. The van der Waals surface area contributed by atoms with Crippen LogP contribution in [0.4, 0.5) is 0 Å². The van der Waals surface area contributed by atoms with Crippen LogP contribution in [-0.4, -0.2) is 15.3 Å². The Morgan fingerprint density at radius 2 is 2.44 bits per heavy atom. The Labute approximate surface area is 52.9 Å². The van der Waals surface area contributed by atoms with Gasteiger partial charge in [0, 0.05) is 24.5 Å². The van der Waals surface area contributed by atoms with E-state index >= 15 is 0 Å². The standard InChI is InChI=1S/C6H6N2.H2O/c1-2-6-3-4-7-8(6)5-1;/h1,3-5H,2H2;1H2. The summed E-state index contributed by atoms with van der Waals surface area (Å²) in [5.41, 5.74) is 1.28. The highest BCUT2D eigenvalue weighted by molar-refractivity contribution is 5.32. The fraction of sp³-hybridized carbons (Fsp3) is 0.167. The van der Waals surface area contributed by atoms with Crippen LogP contribution in [0, 0.1) is 0 Å². The van der Waals surface area contributed by atoms with Gasteiger partial charge < -0.3 is 5.48 Å². The number of nitrogens with zero attached hydrogens (tertiary/aromatic N) is 2. The Morgan fingerprint density at radius 3 is 3.22 bits per heavy atom. The third kappa shape index (κ3) is 0.749. The average Bonchev–Trinajstić information content (AvgIpc) is 2.15. The Balaban J connectivity index is 0.000000405. The molecule has 1 aliphatic rings. The lowest BCUT2D eigenvalue weighted by Gasteiger charge is -1.85. The van der Waals surface area contributed by atoms with Gasteiger partial charge in [-0.15, -0.1) is 0 Å². The fourth-order valence-electron chi connectivity index (χ4n) is 0.911. The van der Waals surface area contributed by atoms with Gasteiger partial charge >= 0.3 is 0 Å². The molecule has 0 saturated carbocycles. The average molecular weight is 124 g/mol. The number of aromatic nitrogens is 2. The fourth-order valence-corrected chi connectivity index (χ4v) is 0.911. The van der Waals surface area contributed by atoms with Crippen LogP contribution in [0.15, 0.2) is 18.3 Å². The lowest BCUT2D eigenvalue weighted by atomic mass is 10.3. The normalized spacial score (nSPS) is 12.9. The van der Waals surface area contributed by atoms with E-state index in [0.717, 1.165) is 6.42 Å². The first-order valence-corrected chi connectivity index (χ1v) is 2.66. The minimum absolute atomic E-state index is 0. The maximum Gasteiger partial charge on any atom is 0.0496 e. The summed E-state index contributed by atoms with van der Waals surface area (Å²) in [5.74, 6) is 0. The second-order valence-corrected chi connectivity index (χ2v) is 1.86. The number of hydrogen-bond acceptors (Lipinski definition) is 1. The maximum atomic E-state index is 4.03. The van der Waals surface area contributed by atoms with Crippen molar-refractivity contribution >= 4 is 6.20 Å². The Morgan fingerprint density at radius 1 is 1.56 bits per heavy atom. The van der Waals surface area contributed by atoms with Crippen LogP contribution in [0.5, 0.6) is 0 Å². The van der Waals surface area contributed by atoms with Crippen molar-refractivity contribution in [1.29, 1.82) is 0 Å². The predicted octanol–water partition coefficient (Wildman–Crippen LogP) is 0.0852. The number of hydrogen-bond donors (Lipinski definition) is 0. The highest BCUT2D eigenvalue weighted by Crippen LogP contribution is 2.07. The molecule has 0 amide bonds. The molecule has 1 aliphatic heterocycles. The molecule has 3 nitrogen and oxygen atoms in total. The van der Waals surface area contributed by atoms with Crippen LogP contribution in [0.1, 0.15) is 5.69 Å². The van der Waals surface area contributed by atoms with E-state index in [1.54, 1.807) is 0 Å². The third-order valence-electron chi connectivity index (χ3n) is 1.33. The van der Waals surface area contributed by atoms with Crippen LogP contribution in [0.2, 0.25) is 0 Å². The van der Waals surface area contributed by atoms with Gasteiger partial charge in [0.25, 0.3) is 0 Å². The van der Waals surface area contributed by atoms with E-state index in [9.17, 15) is 0 Å². The molecule has 0 spiro atoms. The minimum Gasteiger partial charge on any atom is -0.412 e. The van der Waals surface area contributed by atoms with Crippen molar-refractivity contribution in [2.45, 2.75) is 6.42 Å². The van der Waals surface area contributed by atoms with Crippen molar-refractivity contribution in [2.75, 3.05) is 0 Å². The molecule has 0 aliphatic carbocycles. The molecule has 0 bridgehead atoms. The molecular formula is C6H8N2O. The van der Waals surface area contributed by atoms with Crippen LogP contribution < -0.4 is 0 Å². The molecule has 9 heavy (non-hydrogen) atoms. The van der Waals surface area contributed by atoms with Crippen LogP contribution in [-0.2, 0) is 6.42 Å². The van der Waals surface area contributed by atoms with E-state index in [0.29, 0.717) is 0 Å². The molecule has 0 fully saturated rings. The van der Waals surface area contributed by atoms with Crippen molar-refractivity contribution < 1.29 is 5.48 Å². The van der Waals surface area contributed by atoms with Gasteiger partial charge in [-0.1, -0.05) is 6.08 Å². The molecular weight excluding hydrogens is 116 g/mol. The van der Waals surface area contributed by atoms with Crippen molar-refractivity contribution in [3.05, 3.63) is 24.0 Å². The number of fused-ring (bicyclic) bond motifs is 1. The first kappa shape index (κ1) is 6.04. The van der Waals surface area contributed by atoms with E-state index in [1.807, 2.05) is 23.1 Å². The molecule has 2 rings (SSSR count). The van der Waals surface area contributed by atoms with E-state index < -0.39 is 0 Å². The lowest BCUT2D eigenvalue weighted by Crippen LogP contribution is -1.86. The Hall–Kier alpha value is -1.09. The van der Waals surface area contributed by atoms with Gasteiger partial charge in [0.05, 0.1) is 0 Å². The summed E-state index contributed by atoms with van der Waals surface area (Å²) in [5, 5.41) is 4.03. The van der Waals surface area contributed by atoms with E-state index in [-0.39, 0.29) is 5.48 Å². The van der Waals surface area contributed by atoms with E-state index in [4.69, 9.17) is 0 Å². The molecule has 0 radical (unpaired) electrons. The van der Waals surface area contributed by atoms with E-state index in [2.05, 4.69) is 11.2 Å². The van der Waals surface area contributed by atoms with Crippen molar-refractivity contribution in [3.8, 4) is 0 Å². The molecule has 1 aromatic rings. The van der Waals surface area contributed by atoms with Gasteiger partial charge in [0.2, 0.25) is 0 Å². The van der Waals surface area contributed by atoms with Gasteiger partial charge in [0.1, 0.15) is 0 Å². The van der Waals surface area contributed by atoms with Crippen molar-refractivity contribution in [3.63, 3.8) is 0 Å². The molecule has 0 atom stereocenters. The maximum absolute atomic E-state index is 4.03. The van der Waals surface area contributed by atoms with Crippen molar-refractivity contribution in [2.24, 2.45) is 0 Å². The first-order valence-electron chi connectivity index (χ1n) is 2.66. The van der Waals surface area contributed by atoms with Gasteiger partial charge in [0.15, 0.2) is 0 Å². The zero-order chi connectivity index (χ0) is 5.40. The van der Waals surface area contributed by atoms with Crippen LogP contribution >= 0.6 is 0 Å². The number of rotatable bonds is 0. The Bertz CT molecular complexity index is 227. The van der Waals surface area contributed by atoms with Gasteiger partial charge in [-0.05, 0) is 6.07 Å². The van der Waals surface area contributed by atoms with E-state index in [1.165, 1.54) is 5.69 Å². The van der Waals surface area contributed by atoms with Crippen molar-refractivity contribution in [1.82, 2.24) is 9.78 Å². The van der Waals surface area contributed by atoms with Crippen LogP contribution in [0.3, 0.4) is 0 Å². The molecule has 2 N–H and O–H groups in total. The SMILES string of the molecule is C1=Cn2nccc2C1.O. The topological polar surface area (TPSA) is 49.3 Å². The van der Waals surface area contributed by atoms with Gasteiger partial charge in [-0.2, -0.15) is 5.10 Å². The zero-order valence-electron chi connectivity index (χ0n) is 4.91. The summed E-state index contributed by atoms with van der Waals surface area (Å²) >= 11 is 0. The summed E-state index contributed by atoms with van der Waals surface area (Å²) in [4.78, 5) is 0.